The molecule has 0 aliphatic rings. The molecule has 0 bridgehead atoms. The number of carbonyl (C=O) groups is 1. The highest BCUT2D eigenvalue weighted by molar-refractivity contribution is 6.06. The van der Waals surface area contributed by atoms with Crippen LogP contribution in [0, 0.1) is 0 Å². The number of aromatic nitrogens is 1. The molecule has 0 saturated carbocycles. The molecule has 1 N–H and O–H groups in total. The topological polar surface area (TPSA) is 36.1 Å². The highest BCUT2D eigenvalue weighted by Crippen LogP contribution is 2.15. The van der Waals surface area contributed by atoms with Gasteiger partial charge in [0.1, 0.15) is 0 Å². The highest BCUT2D eigenvalue weighted by Gasteiger charge is 2.05. The van der Waals surface area contributed by atoms with E-state index in [0.717, 1.165) is 10.9 Å². The van der Waals surface area contributed by atoms with Crippen LogP contribution in [0.15, 0.2) is 42.6 Å². The molecule has 0 radical (unpaired) electrons. The van der Waals surface area contributed by atoms with E-state index in [2.05, 4.69) is 4.98 Å². The van der Waals surface area contributed by atoms with E-state index in [1.165, 1.54) is 0 Å². The number of aromatic amines is 1. The monoisotopic (exact) mass is 214 g/mol. The third-order valence-corrected chi connectivity index (χ3v) is 2.32. The molecule has 0 spiro atoms. The molecule has 0 aliphatic carbocycles. The molecule has 3 nitrogen and oxygen atoms in total. The van der Waals surface area contributed by atoms with Gasteiger partial charge in [0.25, 0.3) is 0 Å². The lowest BCUT2D eigenvalue weighted by Crippen LogP contribution is -2.03. The summed E-state index contributed by atoms with van der Waals surface area (Å²) in [6.07, 6.45) is 3.30. The third kappa shape index (κ3) is 2.14. The van der Waals surface area contributed by atoms with Crippen molar-refractivity contribution in [3.63, 3.8) is 0 Å². The minimum Gasteiger partial charge on any atom is -0.383 e. The summed E-state index contributed by atoms with van der Waals surface area (Å²) >= 11 is 0. The minimum atomic E-state index is -0.00935. The van der Waals surface area contributed by atoms with Crippen molar-refractivity contribution < 1.29 is 4.79 Å². The summed E-state index contributed by atoms with van der Waals surface area (Å²) in [6, 6.07) is 9.72. The van der Waals surface area contributed by atoms with Crippen LogP contribution in [-0.2, 0) is 0 Å². The molecule has 82 valence electrons. The molecule has 0 atom stereocenters. The lowest BCUT2D eigenvalue weighted by molar-refractivity contribution is 0.104. The lowest BCUT2D eigenvalue weighted by atomic mass is 10.2. The zero-order chi connectivity index (χ0) is 11.5. The van der Waals surface area contributed by atoms with Gasteiger partial charge in [-0.2, -0.15) is 0 Å². The van der Waals surface area contributed by atoms with Gasteiger partial charge in [0.05, 0.1) is 5.69 Å². The highest BCUT2D eigenvalue weighted by atomic mass is 16.1. The van der Waals surface area contributed by atoms with Crippen LogP contribution in [0.25, 0.3) is 10.9 Å². The first kappa shape index (κ1) is 10.5. The van der Waals surface area contributed by atoms with Gasteiger partial charge in [-0.05, 0) is 12.1 Å². The minimum absolute atomic E-state index is 0.00935. The molecular formula is C13H14N2O. The van der Waals surface area contributed by atoms with Gasteiger partial charge in [-0.25, -0.2) is 0 Å². The van der Waals surface area contributed by atoms with E-state index in [-0.39, 0.29) is 5.78 Å². The molecule has 0 unspecified atom stereocenters. The van der Waals surface area contributed by atoms with Crippen molar-refractivity contribution in [2.45, 2.75) is 0 Å². The van der Waals surface area contributed by atoms with E-state index in [4.69, 9.17) is 0 Å². The molecule has 0 saturated heterocycles. The van der Waals surface area contributed by atoms with Crippen LogP contribution >= 0.6 is 0 Å². The Hall–Kier alpha value is -2.03. The van der Waals surface area contributed by atoms with Gasteiger partial charge in [0.15, 0.2) is 0 Å². The zero-order valence-corrected chi connectivity index (χ0v) is 9.40. The maximum atomic E-state index is 11.8. The Morgan fingerprint density at radius 2 is 2.06 bits per heavy atom. The normalized spacial score (nSPS) is 11.1. The molecule has 2 rings (SSSR count). The largest absolute Gasteiger partial charge is 0.383 e. The van der Waals surface area contributed by atoms with Crippen molar-refractivity contribution in [2.24, 2.45) is 0 Å². The van der Waals surface area contributed by atoms with Crippen molar-refractivity contribution >= 4 is 16.7 Å². The summed E-state index contributed by atoms with van der Waals surface area (Å²) in [5.41, 5.74) is 1.61. The molecule has 1 heterocycles. The van der Waals surface area contributed by atoms with Gasteiger partial charge in [0, 0.05) is 37.3 Å². The number of ketones is 1. The average Bonchev–Trinajstić information content (AvgIpc) is 2.69. The second-order valence-corrected chi connectivity index (χ2v) is 3.91. The summed E-state index contributed by atoms with van der Waals surface area (Å²) in [4.78, 5) is 16.7. The molecule has 0 aliphatic heterocycles. The standard InChI is InChI=1S/C13H14N2O/c1-15(2)8-7-13(16)12-9-10-5-3-4-6-11(10)14-12/h3-9,14H,1-2H3. The smallest absolute Gasteiger partial charge is 0.203 e. The van der Waals surface area contributed by atoms with Gasteiger partial charge in [0.2, 0.25) is 5.78 Å². The maximum absolute atomic E-state index is 11.8. The van der Waals surface area contributed by atoms with Crippen LogP contribution in [0.5, 0.6) is 0 Å². The fourth-order valence-corrected chi connectivity index (χ4v) is 1.51. The predicted molar refractivity (Wildman–Crippen MR) is 65.5 cm³/mol. The number of hydrogen-bond acceptors (Lipinski definition) is 2. The number of benzene rings is 1. The van der Waals surface area contributed by atoms with E-state index >= 15 is 0 Å². The van der Waals surface area contributed by atoms with Crippen LogP contribution < -0.4 is 0 Å². The Kier molecular flexibility index (Phi) is 2.77. The molecule has 3 heteroatoms. The maximum Gasteiger partial charge on any atom is 0.203 e. The lowest BCUT2D eigenvalue weighted by Gasteiger charge is -2.01. The summed E-state index contributed by atoms with van der Waals surface area (Å²) in [6.45, 7) is 0. The van der Waals surface area contributed by atoms with E-state index < -0.39 is 0 Å². The second kappa shape index (κ2) is 4.23. The third-order valence-electron chi connectivity index (χ3n) is 2.32. The average molecular weight is 214 g/mol. The van der Waals surface area contributed by atoms with Gasteiger partial charge >= 0.3 is 0 Å². The fraction of sp³-hybridized carbons (Fsp3) is 0.154. The van der Waals surface area contributed by atoms with Gasteiger partial charge in [-0.3, -0.25) is 4.79 Å². The first-order chi connectivity index (χ1) is 7.66. The number of para-hydroxylation sites is 1. The van der Waals surface area contributed by atoms with E-state index in [9.17, 15) is 4.79 Å². The summed E-state index contributed by atoms with van der Waals surface area (Å²) in [5.74, 6) is -0.00935. The number of hydrogen-bond donors (Lipinski definition) is 1. The molecule has 0 fully saturated rings. The number of carbonyl (C=O) groups excluding carboxylic acids is 1. The van der Waals surface area contributed by atoms with E-state index in [1.807, 2.05) is 49.3 Å². The van der Waals surface area contributed by atoms with E-state index in [0.29, 0.717) is 5.69 Å². The van der Waals surface area contributed by atoms with Crippen molar-refractivity contribution in [3.8, 4) is 0 Å². The molecule has 16 heavy (non-hydrogen) atoms. The van der Waals surface area contributed by atoms with Crippen LogP contribution in [-0.4, -0.2) is 29.8 Å². The Morgan fingerprint density at radius 1 is 1.31 bits per heavy atom. The number of allylic oxidation sites excluding steroid dienone is 1. The van der Waals surface area contributed by atoms with Crippen molar-refractivity contribution in [3.05, 3.63) is 48.3 Å². The van der Waals surface area contributed by atoms with Gasteiger partial charge in [-0.15, -0.1) is 0 Å². The molecule has 0 amide bonds. The van der Waals surface area contributed by atoms with Crippen molar-refractivity contribution in [1.82, 2.24) is 9.88 Å². The number of fused-ring (bicyclic) bond motifs is 1. The zero-order valence-electron chi connectivity index (χ0n) is 9.40. The molecule has 1 aromatic carbocycles. The van der Waals surface area contributed by atoms with Crippen molar-refractivity contribution in [1.29, 1.82) is 0 Å². The Labute approximate surface area is 94.4 Å². The fourth-order valence-electron chi connectivity index (χ4n) is 1.51. The van der Waals surface area contributed by atoms with Gasteiger partial charge < -0.3 is 9.88 Å². The SMILES string of the molecule is CN(C)C=CC(=O)c1cc2ccccc2[nH]1. The quantitative estimate of drug-likeness (QED) is 0.629. The Morgan fingerprint density at radius 3 is 2.75 bits per heavy atom. The second-order valence-electron chi connectivity index (χ2n) is 3.91. The van der Waals surface area contributed by atoms with Crippen LogP contribution in [0.2, 0.25) is 0 Å². The Balaban J connectivity index is 2.30. The van der Waals surface area contributed by atoms with Crippen LogP contribution in [0.3, 0.4) is 0 Å². The molecular weight excluding hydrogens is 200 g/mol. The van der Waals surface area contributed by atoms with Gasteiger partial charge in [-0.1, -0.05) is 18.2 Å². The number of rotatable bonds is 3. The predicted octanol–water partition coefficient (Wildman–Crippen LogP) is 2.43. The number of nitrogens with one attached hydrogen (secondary N) is 1. The Bertz CT molecular complexity index is 505. The van der Waals surface area contributed by atoms with Crippen molar-refractivity contribution in [2.75, 3.05) is 14.1 Å². The summed E-state index contributed by atoms with van der Waals surface area (Å²) in [5, 5.41) is 1.06. The van der Waals surface area contributed by atoms with E-state index in [1.54, 1.807) is 12.3 Å². The summed E-state index contributed by atoms with van der Waals surface area (Å²) in [7, 11) is 3.77. The number of H-pyrrole nitrogens is 1. The molecule has 1 aromatic heterocycles. The van der Waals surface area contributed by atoms with Crippen LogP contribution in [0.4, 0.5) is 0 Å². The summed E-state index contributed by atoms with van der Waals surface area (Å²) < 4.78 is 0. The molecule has 2 aromatic rings. The first-order valence-corrected chi connectivity index (χ1v) is 5.13. The van der Waals surface area contributed by atoms with Crippen LogP contribution in [0.1, 0.15) is 10.5 Å². The number of nitrogens with zero attached hydrogens (tertiary/aromatic N) is 1. The first-order valence-electron chi connectivity index (χ1n) is 5.13.